The highest BCUT2D eigenvalue weighted by molar-refractivity contribution is 5.70. The van der Waals surface area contributed by atoms with Crippen LogP contribution in [0, 0.1) is 5.92 Å². The molecule has 1 aliphatic rings. The Balaban J connectivity index is 2.49. The van der Waals surface area contributed by atoms with E-state index in [-0.39, 0.29) is 18.3 Å². The summed E-state index contributed by atoms with van der Waals surface area (Å²) in [5.41, 5.74) is -0.881. The van der Waals surface area contributed by atoms with Crippen LogP contribution < -0.4 is 0 Å². The molecule has 0 spiro atoms. The van der Waals surface area contributed by atoms with E-state index in [2.05, 4.69) is 4.74 Å². The number of methoxy groups -OCH3 is 1. The van der Waals surface area contributed by atoms with Gasteiger partial charge >= 0.3 is 5.97 Å². The van der Waals surface area contributed by atoms with Crippen molar-refractivity contribution in [2.45, 2.75) is 51.0 Å². The zero-order valence-corrected chi connectivity index (χ0v) is 9.08. The molecule has 3 heteroatoms. The van der Waals surface area contributed by atoms with Crippen molar-refractivity contribution in [3.05, 3.63) is 0 Å². The number of carbonyl (C=O) groups excluding carboxylic acids is 1. The number of hydrogen-bond donors (Lipinski definition) is 1. The number of hydrogen-bond acceptors (Lipinski definition) is 3. The van der Waals surface area contributed by atoms with Crippen LogP contribution in [0.1, 0.15) is 45.4 Å². The van der Waals surface area contributed by atoms with Gasteiger partial charge in [-0.3, -0.25) is 4.79 Å². The molecule has 0 bridgehead atoms. The average Bonchev–Trinajstić information content (AvgIpc) is 2.18. The Bertz CT molecular complexity index is 193. The molecule has 82 valence electrons. The van der Waals surface area contributed by atoms with Crippen LogP contribution in [0.25, 0.3) is 0 Å². The third kappa shape index (κ3) is 2.98. The van der Waals surface area contributed by atoms with Gasteiger partial charge in [0.25, 0.3) is 0 Å². The molecule has 0 radical (unpaired) electrons. The molecule has 0 aromatic carbocycles. The SMILES string of the molecule is COC(=O)C[C@@](C)(O)C1CCCCC1. The van der Waals surface area contributed by atoms with Crippen molar-refractivity contribution in [2.75, 3.05) is 7.11 Å². The van der Waals surface area contributed by atoms with Gasteiger partial charge in [-0.15, -0.1) is 0 Å². The van der Waals surface area contributed by atoms with Gasteiger partial charge in [-0.25, -0.2) is 0 Å². The predicted octanol–water partition coefficient (Wildman–Crippen LogP) is 1.88. The molecule has 1 rings (SSSR count). The predicted molar refractivity (Wildman–Crippen MR) is 53.8 cm³/mol. The van der Waals surface area contributed by atoms with Crippen molar-refractivity contribution < 1.29 is 14.6 Å². The average molecular weight is 200 g/mol. The normalized spacial score (nSPS) is 22.8. The fourth-order valence-corrected chi connectivity index (χ4v) is 2.23. The van der Waals surface area contributed by atoms with E-state index in [0.29, 0.717) is 0 Å². The molecule has 0 heterocycles. The van der Waals surface area contributed by atoms with Crippen LogP contribution in [0.4, 0.5) is 0 Å². The third-order valence-electron chi connectivity index (χ3n) is 3.21. The van der Waals surface area contributed by atoms with Crippen molar-refractivity contribution in [1.29, 1.82) is 0 Å². The van der Waals surface area contributed by atoms with Crippen LogP contribution in [0.5, 0.6) is 0 Å². The lowest BCUT2D eigenvalue weighted by Crippen LogP contribution is -2.38. The topological polar surface area (TPSA) is 46.5 Å². The molecule has 0 saturated heterocycles. The maximum atomic E-state index is 11.1. The van der Waals surface area contributed by atoms with Crippen LogP contribution in [-0.2, 0) is 9.53 Å². The largest absolute Gasteiger partial charge is 0.469 e. The van der Waals surface area contributed by atoms with Crippen LogP contribution in [0.2, 0.25) is 0 Å². The van der Waals surface area contributed by atoms with Crippen molar-refractivity contribution in [1.82, 2.24) is 0 Å². The molecule has 0 unspecified atom stereocenters. The molecular weight excluding hydrogens is 180 g/mol. The molecule has 14 heavy (non-hydrogen) atoms. The van der Waals surface area contributed by atoms with Crippen LogP contribution in [0.15, 0.2) is 0 Å². The van der Waals surface area contributed by atoms with E-state index in [1.807, 2.05) is 0 Å². The fourth-order valence-electron chi connectivity index (χ4n) is 2.23. The number of ether oxygens (including phenoxy) is 1. The van der Waals surface area contributed by atoms with E-state index in [4.69, 9.17) is 0 Å². The van der Waals surface area contributed by atoms with Crippen LogP contribution >= 0.6 is 0 Å². The minimum absolute atomic E-state index is 0.119. The van der Waals surface area contributed by atoms with Gasteiger partial charge in [0.2, 0.25) is 0 Å². The number of esters is 1. The monoisotopic (exact) mass is 200 g/mol. The van der Waals surface area contributed by atoms with Crippen LogP contribution in [-0.4, -0.2) is 23.8 Å². The maximum absolute atomic E-state index is 11.1. The van der Waals surface area contributed by atoms with Gasteiger partial charge in [0.1, 0.15) is 0 Å². The van der Waals surface area contributed by atoms with Gasteiger partial charge in [-0.2, -0.15) is 0 Å². The van der Waals surface area contributed by atoms with E-state index in [9.17, 15) is 9.90 Å². The molecule has 0 amide bonds. The summed E-state index contributed by atoms with van der Waals surface area (Å²) in [4.78, 5) is 11.1. The minimum atomic E-state index is -0.881. The molecule has 1 saturated carbocycles. The van der Waals surface area contributed by atoms with E-state index >= 15 is 0 Å². The lowest BCUT2D eigenvalue weighted by Gasteiger charge is -2.34. The standard InChI is InChI=1S/C11H20O3/c1-11(13,8-10(12)14-2)9-6-4-3-5-7-9/h9,13H,3-8H2,1-2H3/t11-/m1/s1. The van der Waals surface area contributed by atoms with Crippen molar-refractivity contribution in [2.24, 2.45) is 5.92 Å². The van der Waals surface area contributed by atoms with Gasteiger partial charge in [0.15, 0.2) is 0 Å². The first-order chi connectivity index (χ1) is 6.56. The molecular formula is C11H20O3. The summed E-state index contributed by atoms with van der Waals surface area (Å²) in [6.07, 6.45) is 5.77. The number of aliphatic hydroxyl groups is 1. The summed E-state index contributed by atoms with van der Waals surface area (Å²) in [7, 11) is 1.36. The lowest BCUT2D eigenvalue weighted by atomic mass is 9.76. The Morgan fingerprint density at radius 1 is 1.43 bits per heavy atom. The smallest absolute Gasteiger partial charge is 0.308 e. The second-order valence-corrected chi connectivity index (χ2v) is 4.45. The first-order valence-corrected chi connectivity index (χ1v) is 5.35. The van der Waals surface area contributed by atoms with Gasteiger partial charge in [0.05, 0.1) is 19.1 Å². The van der Waals surface area contributed by atoms with Gasteiger partial charge in [-0.05, 0) is 25.7 Å². The molecule has 1 atom stereocenters. The second-order valence-electron chi connectivity index (χ2n) is 4.45. The maximum Gasteiger partial charge on any atom is 0.308 e. The van der Waals surface area contributed by atoms with Gasteiger partial charge < -0.3 is 9.84 Å². The molecule has 1 N–H and O–H groups in total. The van der Waals surface area contributed by atoms with E-state index < -0.39 is 5.60 Å². The highest BCUT2D eigenvalue weighted by atomic mass is 16.5. The summed E-state index contributed by atoms with van der Waals surface area (Å²) in [5, 5.41) is 10.1. The summed E-state index contributed by atoms with van der Waals surface area (Å²) < 4.78 is 4.58. The van der Waals surface area contributed by atoms with E-state index in [1.54, 1.807) is 6.92 Å². The van der Waals surface area contributed by atoms with E-state index in [1.165, 1.54) is 26.4 Å². The summed E-state index contributed by atoms with van der Waals surface area (Å²) >= 11 is 0. The summed E-state index contributed by atoms with van der Waals surface area (Å²) in [6.45, 7) is 1.75. The minimum Gasteiger partial charge on any atom is -0.469 e. The summed E-state index contributed by atoms with van der Waals surface area (Å²) in [5.74, 6) is -0.0593. The highest BCUT2D eigenvalue weighted by Gasteiger charge is 2.34. The Kier molecular flexibility index (Phi) is 3.93. The third-order valence-corrected chi connectivity index (χ3v) is 3.21. The van der Waals surface area contributed by atoms with Gasteiger partial charge in [-0.1, -0.05) is 19.3 Å². The molecule has 1 aliphatic carbocycles. The fraction of sp³-hybridized carbons (Fsp3) is 0.909. The van der Waals surface area contributed by atoms with Crippen molar-refractivity contribution in [3.8, 4) is 0 Å². The first kappa shape index (κ1) is 11.5. The van der Waals surface area contributed by atoms with E-state index in [0.717, 1.165) is 12.8 Å². The molecule has 3 nitrogen and oxygen atoms in total. The zero-order valence-electron chi connectivity index (χ0n) is 9.08. The Labute approximate surface area is 85.5 Å². The van der Waals surface area contributed by atoms with Crippen molar-refractivity contribution in [3.63, 3.8) is 0 Å². The molecule has 0 aromatic rings. The Morgan fingerprint density at radius 3 is 2.50 bits per heavy atom. The number of carbonyl (C=O) groups is 1. The lowest BCUT2D eigenvalue weighted by molar-refractivity contribution is -0.148. The highest BCUT2D eigenvalue weighted by Crippen LogP contribution is 2.34. The van der Waals surface area contributed by atoms with Gasteiger partial charge in [0, 0.05) is 0 Å². The molecule has 1 fully saturated rings. The number of rotatable bonds is 3. The van der Waals surface area contributed by atoms with Crippen LogP contribution in [0.3, 0.4) is 0 Å². The Morgan fingerprint density at radius 2 is 2.00 bits per heavy atom. The summed E-state index contributed by atoms with van der Waals surface area (Å²) in [6, 6.07) is 0. The van der Waals surface area contributed by atoms with Crippen molar-refractivity contribution >= 4 is 5.97 Å². The molecule has 0 aromatic heterocycles. The zero-order chi connectivity index (χ0) is 10.6. The first-order valence-electron chi connectivity index (χ1n) is 5.35. The quantitative estimate of drug-likeness (QED) is 0.707. The second kappa shape index (κ2) is 4.78. The Hall–Kier alpha value is -0.570. The molecule has 0 aliphatic heterocycles.